The molecule has 0 bridgehead atoms. The molecule has 2 heterocycles. The van der Waals surface area contributed by atoms with E-state index in [0.717, 1.165) is 35.4 Å². The summed E-state index contributed by atoms with van der Waals surface area (Å²) in [4.78, 5) is 10.6. The molecule has 2 aromatic heterocycles. The number of aryl methyl sites for hydroxylation is 1. The highest BCUT2D eigenvalue weighted by molar-refractivity contribution is 7.18. The number of hydrogen-bond donors (Lipinski definition) is 3. The molecule has 0 aromatic carbocycles. The van der Waals surface area contributed by atoms with E-state index in [4.69, 9.17) is 5.73 Å². The van der Waals surface area contributed by atoms with Crippen molar-refractivity contribution in [3.63, 3.8) is 0 Å². The maximum absolute atomic E-state index is 9.20. The topological polar surface area (TPSA) is 84.1 Å². The number of aliphatic hydroxyl groups is 1. The summed E-state index contributed by atoms with van der Waals surface area (Å²) in [5.74, 6) is 1.08. The summed E-state index contributed by atoms with van der Waals surface area (Å²) in [5, 5.41) is 13.5. The number of fused-ring (bicyclic) bond motifs is 1. The Balaban J connectivity index is 2.11. The van der Waals surface area contributed by atoms with E-state index in [-0.39, 0.29) is 6.10 Å². The van der Waals surface area contributed by atoms with Gasteiger partial charge in [-0.1, -0.05) is 0 Å². The van der Waals surface area contributed by atoms with E-state index in [9.17, 15) is 5.11 Å². The van der Waals surface area contributed by atoms with Gasteiger partial charge in [0.1, 0.15) is 10.6 Å². The smallest absolute Gasteiger partial charge is 0.223 e. The molecule has 2 rings (SSSR count). The third kappa shape index (κ3) is 3.08. The van der Waals surface area contributed by atoms with Gasteiger partial charge in [-0.2, -0.15) is 4.98 Å². The molecule has 6 heteroatoms. The fourth-order valence-electron chi connectivity index (χ4n) is 1.80. The lowest BCUT2D eigenvalue weighted by Crippen LogP contribution is -2.08. The van der Waals surface area contributed by atoms with Gasteiger partial charge in [0.05, 0.1) is 11.5 Å². The first-order chi connectivity index (χ1) is 8.56. The van der Waals surface area contributed by atoms with Crippen LogP contribution in [0.4, 0.5) is 11.8 Å². The minimum atomic E-state index is -0.259. The fourth-order valence-corrected chi connectivity index (χ4v) is 2.68. The molecule has 0 saturated heterocycles. The summed E-state index contributed by atoms with van der Waals surface area (Å²) in [6.45, 7) is 4.61. The number of nitrogens with zero attached hydrogens (tertiary/aromatic N) is 2. The van der Waals surface area contributed by atoms with Gasteiger partial charge in [0, 0.05) is 11.4 Å². The van der Waals surface area contributed by atoms with E-state index in [1.807, 2.05) is 6.92 Å². The Labute approximate surface area is 110 Å². The number of aliphatic hydroxyl groups excluding tert-OH is 1. The largest absolute Gasteiger partial charge is 0.393 e. The van der Waals surface area contributed by atoms with Crippen LogP contribution in [0.5, 0.6) is 0 Å². The molecule has 0 aliphatic heterocycles. The number of nitrogens with one attached hydrogen (secondary N) is 1. The van der Waals surface area contributed by atoms with Crippen molar-refractivity contribution >= 4 is 33.3 Å². The van der Waals surface area contributed by atoms with Crippen molar-refractivity contribution in [2.24, 2.45) is 0 Å². The van der Waals surface area contributed by atoms with Crippen LogP contribution in [0.3, 0.4) is 0 Å². The van der Waals surface area contributed by atoms with Gasteiger partial charge in [0.15, 0.2) is 0 Å². The Morgan fingerprint density at radius 2 is 2.28 bits per heavy atom. The molecular weight excluding hydrogens is 248 g/mol. The molecule has 0 aliphatic rings. The lowest BCUT2D eigenvalue weighted by molar-refractivity contribution is 0.183. The van der Waals surface area contributed by atoms with Gasteiger partial charge < -0.3 is 16.2 Å². The maximum atomic E-state index is 9.20. The van der Waals surface area contributed by atoms with Crippen LogP contribution in [0.2, 0.25) is 0 Å². The molecule has 18 heavy (non-hydrogen) atoms. The van der Waals surface area contributed by atoms with Crippen molar-refractivity contribution in [2.45, 2.75) is 32.8 Å². The minimum Gasteiger partial charge on any atom is -0.393 e. The van der Waals surface area contributed by atoms with E-state index >= 15 is 0 Å². The van der Waals surface area contributed by atoms with Gasteiger partial charge in [-0.3, -0.25) is 0 Å². The molecule has 1 atom stereocenters. The van der Waals surface area contributed by atoms with Crippen LogP contribution >= 0.6 is 11.3 Å². The Bertz CT molecular complexity index is 538. The second-order valence-electron chi connectivity index (χ2n) is 4.42. The van der Waals surface area contributed by atoms with E-state index in [1.54, 1.807) is 18.3 Å². The van der Waals surface area contributed by atoms with Crippen molar-refractivity contribution < 1.29 is 5.11 Å². The Morgan fingerprint density at radius 3 is 3.00 bits per heavy atom. The van der Waals surface area contributed by atoms with E-state index < -0.39 is 0 Å². The molecule has 0 spiro atoms. The number of rotatable bonds is 5. The van der Waals surface area contributed by atoms with Crippen molar-refractivity contribution in [3.05, 3.63) is 10.9 Å². The first-order valence-electron chi connectivity index (χ1n) is 6.02. The van der Waals surface area contributed by atoms with Crippen LogP contribution in [0, 0.1) is 6.92 Å². The van der Waals surface area contributed by atoms with Crippen molar-refractivity contribution in [3.8, 4) is 0 Å². The molecule has 0 radical (unpaired) electrons. The summed E-state index contributed by atoms with van der Waals surface area (Å²) in [6, 6.07) is 2.07. The number of anilines is 2. The van der Waals surface area contributed by atoms with E-state index in [0.29, 0.717) is 5.95 Å². The number of thiophene rings is 1. The minimum absolute atomic E-state index is 0.259. The van der Waals surface area contributed by atoms with Crippen LogP contribution in [-0.4, -0.2) is 27.7 Å². The standard InChI is InChI=1S/C12H18N4OS/c1-7(17)4-3-5-14-10-9-6-8(2)18-11(9)16-12(13)15-10/h6-7,17H,3-5H2,1-2H3,(H3,13,14,15,16). The lowest BCUT2D eigenvalue weighted by Gasteiger charge is -2.08. The third-order valence-electron chi connectivity index (χ3n) is 2.62. The highest BCUT2D eigenvalue weighted by Crippen LogP contribution is 2.28. The van der Waals surface area contributed by atoms with Crippen LogP contribution in [0.25, 0.3) is 10.2 Å². The van der Waals surface area contributed by atoms with Crippen molar-refractivity contribution in [1.29, 1.82) is 0 Å². The summed E-state index contributed by atoms with van der Waals surface area (Å²) in [5.41, 5.74) is 5.69. The number of nitrogens with two attached hydrogens (primary N) is 1. The van der Waals surface area contributed by atoms with Crippen LogP contribution < -0.4 is 11.1 Å². The molecule has 0 aliphatic carbocycles. The molecule has 4 N–H and O–H groups in total. The van der Waals surface area contributed by atoms with Gasteiger partial charge in [-0.05, 0) is 32.8 Å². The predicted octanol–water partition coefficient (Wildman–Crippen LogP) is 2.15. The summed E-state index contributed by atoms with van der Waals surface area (Å²) in [6.07, 6.45) is 1.41. The zero-order valence-electron chi connectivity index (χ0n) is 10.6. The summed E-state index contributed by atoms with van der Waals surface area (Å²) in [7, 11) is 0. The highest BCUT2D eigenvalue weighted by atomic mass is 32.1. The Kier molecular flexibility index (Phi) is 3.98. The van der Waals surface area contributed by atoms with Gasteiger partial charge in [0.25, 0.3) is 0 Å². The molecule has 1 unspecified atom stereocenters. The van der Waals surface area contributed by atoms with Crippen molar-refractivity contribution in [1.82, 2.24) is 9.97 Å². The monoisotopic (exact) mass is 266 g/mol. The summed E-state index contributed by atoms with van der Waals surface area (Å²) < 4.78 is 0. The molecule has 0 fully saturated rings. The molecule has 2 aromatic rings. The van der Waals surface area contributed by atoms with Gasteiger partial charge in [-0.15, -0.1) is 11.3 Å². The second kappa shape index (κ2) is 5.49. The van der Waals surface area contributed by atoms with Crippen LogP contribution in [-0.2, 0) is 0 Å². The maximum Gasteiger partial charge on any atom is 0.223 e. The van der Waals surface area contributed by atoms with Gasteiger partial charge >= 0.3 is 0 Å². The number of aromatic nitrogens is 2. The predicted molar refractivity (Wildman–Crippen MR) is 76.0 cm³/mol. The molecule has 0 amide bonds. The van der Waals surface area contributed by atoms with Crippen LogP contribution in [0.15, 0.2) is 6.07 Å². The third-order valence-corrected chi connectivity index (χ3v) is 3.57. The average molecular weight is 266 g/mol. The van der Waals surface area contributed by atoms with E-state index in [1.165, 1.54) is 4.88 Å². The number of nitrogen functional groups attached to an aromatic ring is 1. The van der Waals surface area contributed by atoms with Crippen molar-refractivity contribution in [2.75, 3.05) is 17.6 Å². The molecule has 5 nitrogen and oxygen atoms in total. The molecular formula is C12H18N4OS. The number of hydrogen-bond acceptors (Lipinski definition) is 6. The zero-order chi connectivity index (χ0) is 13.1. The normalized spacial score (nSPS) is 12.8. The van der Waals surface area contributed by atoms with E-state index in [2.05, 4.69) is 21.4 Å². The Morgan fingerprint density at radius 1 is 1.50 bits per heavy atom. The SMILES string of the molecule is Cc1cc2c(NCCCC(C)O)nc(N)nc2s1. The highest BCUT2D eigenvalue weighted by Gasteiger charge is 2.08. The van der Waals surface area contributed by atoms with Gasteiger partial charge in [-0.25, -0.2) is 4.98 Å². The first-order valence-corrected chi connectivity index (χ1v) is 6.83. The van der Waals surface area contributed by atoms with Crippen LogP contribution in [0.1, 0.15) is 24.6 Å². The molecule has 0 saturated carbocycles. The molecule has 98 valence electrons. The Hall–Kier alpha value is -1.40. The second-order valence-corrected chi connectivity index (χ2v) is 5.66. The first kappa shape index (κ1) is 13.0. The fraction of sp³-hybridized carbons (Fsp3) is 0.500. The lowest BCUT2D eigenvalue weighted by atomic mass is 10.2. The zero-order valence-corrected chi connectivity index (χ0v) is 11.4. The average Bonchev–Trinajstić information content (AvgIpc) is 2.64. The van der Waals surface area contributed by atoms with Gasteiger partial charge in [0.2, 0.25) is 5.95 Å². The quantitative estimate of drug-likeness (QED) is 0.722. The summed E-state index contributed by atoms with van der Waals surface area (Å²) >= 11 is 1.61.